The topological polar surface area (TPSA) is 56.9 Å². The number of hydrogen-bond donors (Lipinski definition) is 0. The fourth-order valence-electron chi connectivity index (χ4n) is 1.73. The second-order valence-corrected chi connectivity index (χ2v) is 5.48. The van der Waals surface area contributed by atoms with Crippen LogP contribution in [-0.4, -0.2) is 35.1 Å². The lowest BCUT2D eigenvalue weighted by Gasteiger charge is -2.07. The Balaban J connectivity index is 2.33. The summed E-state index contributed by atoms with van der Waals surface area (Å²) >= 11 is 3.42. The van der Waals surface area contributed by atoms with Crippen LogP contribution in [0.3, 0.4) is 0 Å². The minimum atomic E-state index is -0.209. The molecule has 0 saturated carbocycles. The Hall–Kier alpha value is -1.04. The zero-order valence-electron chi connectivity index (χ0n) is 10.8. The SMILES string of the molecule is CCOc1noc(C2=NC(C)(C)CO2)c1CCBr. The van der Waals surface area contributed by atoms with Gasteiger partial charge in [-0.05, 0) is 32.3 Å². The molecule has 100 valence electrons. The first-order valence-electron chi connectivity index (χ1n) is 5.97. The van der Waals surface area contributed by atoms with E-state index in [1.807, 2.05) is 20.8 Å². The maximum Gasteiger partial charge on any atom is 0.258 e. The van der Waals surface area contributed by atoms with Crippen molar-refractivity contribution in [3.63, 3.8) is 0 Å². The van der Waals surface area contributed by atoms with Crippen LogP contribution in [0.25, 0.3) is 0 Å². The molecule has 6 heteroatoms. The molecule has 0 amide bonds. The third-order valence-electron chi connectivity index (χ3n) is 2.54. The van der Waals surface area contributed by atoms with Gasteiger partial charge in [0.2, 0.25) is 5.76 Å². The molecular formula is C12H17BrN2O3. The van der Waals surface area contributed by atoms with Crippen molar-refractivity contribution < 1.29 is 14.0 Å². The van der Waals surface area contributed by atoms with Crippen LogP contribution in [0.5, 0.6) is 5.88 Å². The second kappa shape index (κ2) is 5.30. The molecule has 5 nitrogen and oxygen atoms in total. The number of aliphatic imine (C=N–C) groups is 1. The van der Waals surface area contributed by atoms with Gasteiger partial charge in [-0.25, -0.2) is 4.99 Å². The third kappa shape index (κ3) is 2.68. The number of rotatable bonds is 5. The summed E-state index contributed by atoms with van der Waals surface area (Å²) in [6.07, 6.45) is 0.761. The highest BCUT2D eigenvalue weighted by Gasteiger charge is 2.32. The van der Waals surface area contributed by atoms with Crippen molar-refractivity contribution in [3.05, 3.63) is 11.3 Å². The molecular weight excluding hydrogens is 300 g/mol. The number of ether oxygens (including phenoxy) is 2. The Labute approximate surface area is 115 Å². The van der Waals surface area contributed by atoms with Crippen molar-refractivity contribution in [1.82, 2.24) is 5.16 Å². The van der Waals surface area contributed by atoms with E-state index in [-0.39, 0.29) is 5.54 Å². The fraction of sp³-hybridized carbons (Fsp3) is 0.667. The fourth-order valence-corrected chi connectivity index (χ4v) is 2.12. The molecule has 1 aromatic heterocycles. The predicted molar refractivity (Wildman–Crippen MR) is 71.7 cm³/mol. The second-order valence-electron chi connectivity index (χ2n) is 4.69. The van der Waals surface area contributed by atoms with E-state index in [1.54, 1.807) is 0 Å². The van der Waals surface area contributed by atoms with E-state index in [9.17, 15) is 0 Å². The standard InChI is InChI=1S/C12H17BrN2O3/c1-4-16-10-8(5-6-13)9(18-15-10)11-14-12(2,3)7-17-11/h4-7H2,1-3H3. The molecule has 2 rings (SSSR count). The summed E-state index contributed by atoms with van der Waals surface area (Å²) in [5.41, 5.74) is 0.699. The average Bonchev–Trinajstić information content (AvgIpc) is 2.85. The Morgan fingerprint density at radius 2 is 2.22 bits per heavy atom. The van der Waals surface area contributed by atoms with Gasteiger partial charge in [0, 0.05) is 5.33 Å². The molecule has 2 heterocycles. The number of halogens is 1. The van der Waals surface area contributed by atoms with Crippen LogP contribution >= 0.6 is 15.9 Å². The summed E-state index contributed by atoms with van der Waals surface area (Å²) < 4.78 is 16.4. The first-order valence-corrected chi connectivity index (χ1v) is 7.10. The van der Waals surface area contributed by atoms with Crippen molar-refractivity contribution in [2.24, 2.45) is 4.99 Å². The molecule has 0 fully saturated rings. The quantitative estimate of drug-likeness (QED) is 0.783. The molecule has 0 atom stereocenters. The summed E-state index contributed by atoms with van der Waals surface area (Å²) in [6.45, 7) is 7.06. The summed E-state index contributed by atoms with van der Waals surface area (Å²) in [6, 6.07) is 0. The van der Waals surface area contributed by atoms with Crippen molar-refractivity contribution in [2.75, 3.05) is 18.5 Å². The lowest BCUT2D eigenvalue weighted by atomic mass is 10.1. The molecule has 0 saturated heterocycles. The molecule has 18 heavy (non-hydrogen) atoms. The Kier molecular flexibility index (Phi) is 3.94. The number of aromatic nitrogens is 1. The van der Waals surface area contributed by atoms with Gasteiger partial charge in [0.05, 0.1) is 17.7 Å². The Bertz CT molecular complexity index is 454. The van der Waals surface area contributed by atoms with Gasteiger partial charge < -0.3 is 14.0 Å². The summed E-state index contributed by atoms with van der Waals surface area (Å²) in [4.78, 5) is 4.50. The van der Waals surface area contributed by atoms with E-state index in [1.165, 1.54) is 0 Å². The van der Waals surface area contributed by atoms with Gasteiger partial charge in [-0.1, -0.05) is 15.9 Å². The normalized spacial score (nSPS) is 17.4. The van der Waals surface area contributed by atoms with Crippen molar-refractivity contribution >= 4 is 21.8 Å². The maximum absolute atomic E-state index is 5.58. The lowest BCUT2D eigenvalue weighted by molar-refractivity contribution is 0.268. The molecule has 0 bridgehead atoms. The highest BCUT2D eigenvalue weighted by Crippen LogP contribution is 2.28. The third-order valence-corrected chi connectivity index (χ3v) is 2.93. The van der Waals surface area contributed by atoms with E-state index in [0.29, 0.717) is 30.8 Å². The predicted octanol–water partition coefficient (Wildman–Crippen LogP) is 2.57. The summed E-state index contributed by atoms with van der Waals surface area (Å²) in [5.74, 6) is 1.64. The minimum Gasteiger partial charge on any atom is -0.476 e. The van der Waals surface area contributed by atoms with Crippen LogP contribution in [-0.2, 0) is 11.2 Å². The van der Waals surface area contributed by atoms with Gasteiger partial charge in [0.15, 0.2) is 0 Å². The Morgan fingerprint density at radius 1 is 1.44 bits per heavy atom. The van der Waals surface area contributed by atoms with Crippen LogP contribution in [0.2, 0.25) is 0 Å². The van der Waals surface area contributed by atoms with Gasteiger partial charge in [-0.15, -0.1) is 0 Å². The molecule has 0 aromatic carbocycles. The van der Waals surface area contributed by atoms with Gasteiger partial charge in [-0.3, -0.25) is 0 Å². The highest BCUT2D eigenvalue weighted by atomic mass is 79.9. The average molecular weight is 317 g/mol. The van der Waals surface area contributed by atoms with Gasteiger partial charge in [0.1, 0.15) is 6.61 Å². The molecule has 0 unspecified atom stereocenters. The van der Waals surface area contributed by atoms with E-state index in [2.05, 4.69) is 26.1 Å². The first kappa shape index (κ1) is 13.4. The number of hydrogen-bond acceptors (Lipinski definition) is 5. The van der Waals surface area contributed by atoms with Gasteiger partial charge in [0.25, 0.3) is 11.8 Å². The monoisotopic (exact) mass is 316 g/mol. The molecule has 0 radical (unpaired) electrons. The van der Waals surface area contributed by atoms with Crippen LogP contribution in [0.1, 0.15) is 32.1 Å². The largest absolute Gasteiger partial charge is 0.476 e. The highest BCUT2D eigenvalue weighted by molar-refractivity contribution is 9.09. The van der Waals surface area contributed by atoms with E-state index in [4.69, 9.17) is 14.0 Å². The smallest absolute Gasteiger partial charge is 0.258 e. The van der Waals surface area contributed by atoms with Gasteiger partial charge in [-0.2, -0.15) is 0 Å². The van der Waals surface area contributed by atoms with Crippen LogP contribution < -0.4 is 4.74 Å². The minimum absolute atomic E-state index is 0.209. The van der Waals surface area contributed by atoms with Crippen LogP contribution in [0.4, 0.5) is 0 Å². The van der Waals surface area contributed by atoms with E-state index >= 15 is 0 Å². The van der Waals surface area contributed by atoms with Crippen molar-refractivity contribution in [2.45, 2.75) is 32.7 Å². The molecule has 1 aliphatic heterocycles. The molecule has 0 aliphatic carbocycles. The van der Waals surface area contributed by atoms with Gasteiger partial charge >= 0.3 is 0 Å². The zero-order valence-corrected chi connectivity index (χ0v) is 12.4. The van der Waals surface area contributed by atoms with Crippen LogP contribution in [0.15, 0.2) is 9.52 Å². The molecule has 1 aromatic rings. The Morgan fingerprint density at radius 3 is 2.78 bits per heavy atom. The van der Waals surface area contributed by atoms with E-state index in [0.717, 1.165) is 17.3 Å². The van der Waals surface area contributed by atoms with Crippen molar-refractivity contribution in [1.29, 1.82) is 0 Å². The first-order chi connectivity index (χ1) is 8.57. The van der Waals surface area contributed by atoms with E-state index < -0.39 is 0 Å². The molecule has 0 spiro atoms. The van der Waals surface area contributed by atoms with Crippen LogP contribution in [0, 0.1) is 0 Å². The lowest BCUT2D eigenvalue weighted by Crippen LogP contribution is -2.17. The summed E-state index contributed by atoms with van der Waals surface area (Å²) in [7, 11) is 0. The number of alkyl halides is 1. The zero-order chi connectivity index (χ0) is 13.2. The molecule has 1 aliphatic rings. The number of nitrogens with zero attached hydrogens (tertiary/aromatic N) is 2. The maximum atomic E-state index is 5.58. The summed E-state index contributed by atoms with van der Waals surface area (Å²) in [5, 5.41) is 4.74. The van der Waals surface area contributed by atoms with Crippen molar-refractivity contribution in [3.8, 4) is 5.88 Å². The molecule has 0 N–H and O–H groups in total.